The first-order valence-electron chi connectivity index (χ1n) is 4.40. The van der Waals surface area contributed by atoms with Gasteiger partial charge < -0.3 is 0 Å². The molecule has 0 saturated heterocycles. The van der Waals surface area contributed by atoms with Gasteiger partial charge in [-0.1, -0.05) is 6.07 Å². The molecule has 0 saturated carbocycles. The van der Waals surface area contributed by atoms with Crippen LogP contribution in [0.4, 0.5) is 39.5 Å². The van der Waals surface area contributed by atoms with Gasteiger partial charge in [0.1, 0.15) is 0 Å². The Kier molecular flexibility index (Phi) is 5.63. The van der Waals surface area contributed by atoms with E-state index in [0.717, 1.165) is 0 Å². The Morgan fingerprint density at radius 2 is 1.16 bits per heavy atom. The van der Waals surface area contributed by atoms with Crippen molar-refractivity contribution in [2.75, 3.05) is 0 Å². The lowest BCUT2D eigenvalue weighted by Crippen LogP contribution is -2.55. The Morgan fingerprint density at radius 1 is 0.737 bits per heavy atom. The van der Waals surface area contributed by atoms with E-state index in [1.807, 2.05) is 18.2 Å². The number of alkyl halides is 9. The molecule has 19 heavy (non-hydrogen) atoms. The molecule has 1 heterocycles. The normalized spacial score (nSPS) is 12.9. The maximum atomic E-state index is 11.6. The Labute approximate surface area is 101 Å². The predicted molar refractivity (Wildman–Crippen MR) is 46.2 cm³/mol. The molecular formula is C9H6F9N. The van der Waals surface area contributed by atoms with E-state index in [1.54, 1.807) is 12.4 Å². The van der Waals surface area contributed by atoms with Gasteiger partial charge in [0.25, 0.3) is 0 Å². The van der Waals surface area contributed by atoms with Gasteiger partial charge in [0.2, 0.25) is 0 Å². The molecule has 1 aromatic heterocycles. The number of halogens is 9. The van der Waals surface area contributed by atoms with Crippen LogP contribution in [0.2, 0.25) is 0 Å². The third-order valence-electron chi connectivity index (χ3n) is 1.62. The van der Waals surface area contributed by atoms with E-state index in [2.05, 4.69) is 4.98 Å². The summed E-state index contributed by atoms with van der Waals surface area (Å²) in [5, 5.41) is 0. The summed E-state index contributed by atoms with van der Waals surface area (Å²) in [4.78, 5) is 3.78. The Bertz CT molecular complexity index is 333. The third kappa shape index (κ3) is 4.28. The number of rotatable bonds is 2. The van der Waals surface area contributed by atoms with Crippen molar-refractivity contribution in [1.29, 1.82) is 0 Å². The molecular weight excluding hydrogens is 293 g/mol. The standard InChI is InChI=1S/C5H5N.C4HF9/c1-2-4-6-5-3-1;5-1(6)2(7,8)3(9,10)4(11,12)13/h1-5H;1H. The van der Waals surface area contributed by atoms with Crippen molar-refractivity contribution >= 4 is 0 Å². The summed E-state index contributed by atoms with van der Waals surface area (Å²) in [6.45, 7) is 0. The van der Waals surface area contributed by atoms with Crippen LogP contribution in [-0.2, 0) is 0 Å². The fourth-order valence-electron chi connectivity index (χ4n) is 0.639. The maximum absolute atomic E-state index is 11.6. The van der Waals surface area contributed by atoms with Crippen molar-refractivity contribution in [3.05, 3.63) is 30.6 Å². The van der Waals surface area contributed by atoms with Gasteiger partial charge in [0.15, 0.2) is 0 Å². The van der Waals surface area contributed by atoms with E-state index >= 15 is 0 Å². The minimum Gasteiger partial charge on any atom is -0.265 e. The second kappa shape index (κ2) is 6.11. The van der Waals surface area contributed by atoms with E-state index in [9.17, 15) is 39.5 Å². The van der Waals surface area contributed by atoms with Crippen LogP contribution in [0.5, 0.6) is 0 Å². The summed E-state index contributed by atoms with van der Waals surface area (Å²) in [6.07, 6.45) is -8.28. The molecule has 1 aromatic rings. The first-order chi connectivity index (χ1) is 8.44. The van der Waals surface area contributed by atoms with Crippen molar-refractivity contribution in [3.63, 3.8) is 0 Å². The van der Waals surface area contributed by atoms with Crippen LogP contribution in [-0.4, -0.2) is 29.4 Å². The topological polar surface area (TPSA) is 12.9 Å². The van der Waals surface area contributed by atoms with E-state index in [0.29, 0.717) is 0 Å². The summed E-state index contributed by atoms with van der Waals surface area (Å²) in [5.41, 5.74) is 0. The smallest absolute Gasteiger partial charge is 0.265 e. The number of nitrogens with zero attached hydrogens (tertiary/aromatic N) is 1. The second-order valence-electron chi connectivity index (χ2n) is 3.02. The summed E-state index contributed by atoms with van der Waals surface area (Å²) in [7, 11) is 0. The molecule has 0 N–H and O–H groups in total. The Balaban J connectivity index is 0.000000443. The quantitative estimate of drug-likeness (QED) is 0.747. The fourth-order valence-corrected chi connectivity index (χ4v) is 0.639. The van der Waals surface area contributed by atoms with Crippen LogP contribution < -0.4 is 0 Å². The first-order valence-corrected chi connectivity index (χ1v) is 4.40. The maximum Gasteiger partial charge on any atom is 0.460 e. The number of hydrogen-bond donors (Lipinski definition) is 0. The highest BCUT2D eigenvalue weighted by atomic mass is 19.4. The molecule has 0 unspecified atom stereocenters. The van der Waals surface area contributed by atoms with Crippen LogP contribution >= 0.6 is 0 Å². The van der Waals surface area contributed by atoms with Crippen LogP contribution in [0, 0.1) is 0 Å². The lowest BCUT2D eigenvalue weighted by Gasteiger charge is -2.27. The van der Waals surface area contributed by atoms with Gasteiger partial charge in [-0.25, -0.2) is 8.78 Å². The Morgan fingerprint density at radius 3 is 1.26 bits per heavy atom. The van der Waals surface area contributed by atoms with Gasteiger partial charge in [-0.3, -0.25) is 4.98 Å². The van der Waals surface area contributed by atoms with Crippen molar-refractivity contribution in [2.45, 2.75) is 24.4 Å². The Hall–Kier alpha value is -1.48. The highest BCUT2D eigenvalue weighted by molar-refractivity contribution is 4.92. The molecule has 110 valence electrons. The molecule has 0 aliphatic heterocycles. The zero-order chi connectivity index (χ0) is 15.3. The van der Waals surface area contributed by atoms with Crippen LogP contribution in [0.25, 0.3) is 0 Å². The van der Waals surface area contributed by atoms with Crippen LogP contribution in [0.3, 0.4) is 0 Å². The van der Waals surface area contributed by atoms with Gasteiger partial charge >= 0.3 is 24.4 Å². The van der Waals surface area contributed by atoms with Crippen molar-refractivity contribution in [1.82, 2.24) is 4.98 Å². The zero-order valence-corrected chi connectivity index (χ0v) is 8.81. The predicted octanol–water partition coefficient (Wildman–Crippen LogP) is 4.17. The van der Waals surface area contributed by atoms with Crippen LogP contribution in [0.1, 0.15) is 0 Å². The lowest BCUT2D eigenvalue weighted by atomic mass is 10.2. The van der Waals surface area contributed by atoms with E-state index in [-0.39, 0.29) is 0 Å². The van der Waals surface area contributed by atoms with Crippen molar-refractivity contribution < 1.29 is 39.5 Å². The van der Waals surface area contributed by atoms with Gasteiger partial charge in [-0.15, -0.1) is 0 Å². The minimum atomic E-state index is -6.73. The molecule has 0 aliphatic carbocycles. The highest BCUT2D eigenvalue weighted by Gasteiger charge is 2.76. The summed E-state index contributed by atoms with van der Waals surface area (Å²) in [5.74, 6) is -13.1. The largest absolute Gasteiger partial charge is 0.460 e. The molecule has 0 amide bonds. The summed E-state index contributed by atoms with van der Waals surface area (Å²) in [6, 6.07) is 5.72. The van der Waals surface area contributed by atoms with E-state index in [1.165, 1.54) is 0 Å². The fraction of sp³-hybridized carbons (Fsp3) is 0.444. The molecule has 1 nitrogen and oxygen atoms in total. The highest BCUT2D eigenvalue weighted by Crippen LogP contribution is 2.48. The molecule has 0 aliphatic rings. The zero-order valence-electron chi connectivity index (χ0n) is 8.81. The minimum absolute atomic E-state index is 1.75. The van der Waals surface area contributed by atoms with E-state index in [4.69, 9.17) is 0 Å². The number of hydrogen-bond acceptors (Lipinski definition) is 1. The molecule has 0 fully saturated rings. The van der Waals surface area contributed by atoms with Gasteiger partial charge in [-0.2, -0.15) is 30.7 Å². The summed E-state index contributed by atoms with van der Waals surface area (Å²) >= 11 is 0. The van der Waals surface area contributed by atoms with Crippen molar-refractivity contribution in [2.24, 2.45) is 0 Å². The molecule has 0 atom stereocenters. The summed E-state index contributed by atoms with van der Waals surface area (Å²) < 4.78 is 102. The second-order valence-corrected chi connectivity index (χ2v) is 3.02. The van der Waals surface area contributed by atoms with Gasteiger partial charge in [0.05, 0.1) is 0 Å². The average molecular weight is 299 g/mol. The SMILES string of the molecule is FC(F)C(F)(F)C(F)(F)C(F)(F)F.c1ccncc1. The first kappa shape index (κ1) is 17.5. The molecule has 0 spiro atoms. The molecule has 0 aromatic carbocycles. The average Bonchev–Trinajstić information content (AvgIpc) is 2.30. The monoisotopic (exact) mass is 299 g/mol. The molecule has 1 rings (SSSR count). The number of pyridine rings is 1. The molecule has 0 bridgehead atoms. The van der Waals surface area contributed by atoms with Gasteiger partial charge in [-0.05, 0) is 12.1 Å². The molecule has 0 radical (unpaired) electrons. The number of aromatic nitrogens is 1. The van der Waals surface area contributed by atoms with Crippen molar-refractivity contribution in [3.8, 4) is 0 Å². The molecule has 10 heteroatoms. The van der Waals surface area contributed by atoms with Crippen LogP contribution in [0.15, 0.2) is 30.6 Å². The lowest BCUT2D eigenvalue weighted by molar-refractivity contribution is -0.375. The third-order valence-corrected chi connectivity index (χ3v) is 1.62. The van der Waals surface area contributed by atoms with E-state index < -0.39 is 24.4 Å². The van der Waals surface area contributed by atoms with Gasteiger partial charge in [0, 0.05) is 12.4 Å².